The Balaban J connectivity index is 2.32. The number of pyridine rings is 1. The third-order valence-corrected chi connectivity index (χ3v) is 2.40. The molecular weight excluding hydrogens is 188 g/mol. The van der Waals surface area contributed by atoms with Gasteiger partial charge in [-0.1, -0.05) is 19.9 Å². The summed E-state index contributed by atoms with van der Waals surface area (Å²) >= 11 is 0. The fourth-order valence-electron chi connectivity index (χ4n) is 1.32. The van der Waals surface area contributed by atoms with Crippen molar-refractivity contribution in [2.24, 2.45) is 5.92 Å². The van der Waals surface area contributed by atoms with Crippen molar-refractivity contribution in [2.75, 3.05) is 11.9 Å². The Labute approximate surface area is 91.5 Å². The molecule has 0 bridgehead atoms. The van der Waals surface area contributed by atoms with Gasteiger partial charge in [-0.3, -0.25) is 0 Å². The first-order valence-corrected chi connectivity index (χ1v) is 5.45. The number of hydrogen-bond donors (Lipinski definition) is 2. The Morgan fingerprint density at radius 3 is 2.73 bits per heavy atom. The predicted octanol–water partition coefficient (Wildman–Crippen LogP) is 2.21. The van der Waals surface area contributed by atoms with Gasteiger partial charge in [0.15, 0.2) is 0 Å². The number of hydrogen-bond acceptors (Lipinski definition) is 3. The van der Waals surface area contributed by atoms with Crippen molar-refractivity contribution in [3.8, 4) is 0 Å². The molecule has 1 aromatic rings. The molecular formula is C12H20N2O. The smallest absolute Gasteiger partial charge is 0.126 e. The van der Waals surface area contributed by atoms with E-state index in [0.29, 0.717) is 5.92 Å². The first-order valence-electron chi connectivity index (χ1n) is 5.45. The Morgan fingerprint density at radius 1 is 1.40 bits per heavy atom. The standard InChI is InChI=1S/C12H20N2O/c1-9(2)11(15)7-8-13-12-6-4-5-10(3)14-12/h4-6,9,11,15H,7-8H2,1-3H3,(H,13,14)/t11-/m1/s1. The lowest BCUT2D eigenvalue weighted by atomic mass is 10.0. The minimum Gasteiger partial charge on any atom is -0.393 e. The summed E-state index contributed by atoms with van der Waals surface area (Å²) in [6.07, 6.45) is 0.523. The molecule has 0 spiro atoms. The van der Waals surface area contributed by atoms with Crippen molar-refractivity contribution < 1.29 is 5.11 Å². The van der Waals surface area contributed by atoms with Gasteiger partial charge in [0.2, 0.25) is 0 Å². The maximum atomic E-state index is 9.60. The first kappa shape index (κ1) is 12.0. The third kappa shape index (κ3) is 4.30. The van der Waals surface area contributed by atoms with Crippen LogP contribution in [-0.2, 0) is 0 Å². The second-order valence-electron chi connectivity index (χ2n) is 4.19. The van der Waals surface area contributed by atoms with E-state index in [1.807, 2.05) is 39.0 Å². The van der Waals surface area contributed by atoms with Gasteiger partial charge in [-0.15, -0.1) is 0 Å². The van der Waals surface area contributed by atoms with Crippen LogP contribution >= 0.6 is 0 Å². The van der Waals surface area contributed by atoms with Crippen molar-refractivity contribution in [1.29, 1.82) is 0 Å². The van der Waals surface area contributed by atoms with Crippen LogP contribution in [0.2, 0.25) is 0 Å². The molecule has 3 heteroatoms. The second kappa shape index (κ2) is 5.71. The van der Waals surface area contributed by atoms with E-state index in [0.717, 1.165) is 24.5 Å². The molecule has 1 rings (SSSR count). The molecule has 1 heterocycles. The molecule has 0 saturated heterocycles. The molecule has 84 valence electrons. The number of nitrogens with zero attached hydrogens (tertiary/aromatic N) is 1. The average molecular weight is 208 g/mol. The van der Waals surface area contributed by atoms with Crippen LogP contribution in [0.15, 0.2) is 18.2 Å². The third-order valence-electron chi connectivity index (χ3n) is 2.40. The fraction of sp³-hybridized carbons (Fsp3) is 0.583. The van der Waals surface area contributed by atoms with Crippen LogP contribution < -0.4 is 5.32 Å². The fourth-order valence-corrected chi connectivity index (χ4v) is 1.32. The molecule has 0 unspecified atom stereocenters. The summed E-state index contributed by atoms with van der Waals surface area (Å²) in [4.78, 5) is 4.32. The van der Waals surface area contributed by atoms with E-state index in [1.165, 1.54) is 0 Å². The summed E-state index contributed by atoms with van der Waals surface area (Å²) in [5.74, 6) is 1.20. The highest BCUT2D eigenvalue weighted by molar-refractivity contribution is 5.34. The molecule has 1 aromatic heterocycles. The highest BCUT2D eigenvalue weighted by Crippen LogP contribution is 2.07. The van der Waals surface area contributed by atoms with Crippen LogP contribution in [0.4, 0.5) is 5.82 Å². The molecule has 1 atom stereocenters. The van der Waals surface area contributed by atoms with E-state index in [1.54, 1.807) is 0 Å². The summed E-state index contributed by atoms with van der Waals surface area (Å²) in [7, 11) is 0. The van der Waals surface area contributed by atoms with Crippen LogP contribution in [0.5, 0.6) is 0 Å². The zero-order valence-electron chi connectivity index (χ0n) is 9.70. The van der Waals surface area contributed by atoms with Gasteiger partial charge in [0.05, 0.1) is 6.10 Å². The monoisotopic (exact) mass is 208 g/mol. The molecule has 0 fully saturated rings. The SMILES string of the molecule is Cc1cccc(NCC[C@@H](O)C(C)C)n1. The molecule has 0 amide bonds. The molecule has 2 N–H and O–H groups in total. The highest BCUT2D eigenvalue weighted by Gasteiger charge is 2.07. The van der Waals surface area contributed by atoms with E-state index in [2.05, 4.69) is 10.3 Å². The van der Waals surface area contributed by atoms with Crippen LogP contribution in [0.3, 0.4) is 0 Å². The molecule has 0 aliphatic carbocycles. The van der Waals surface area contributed by atoms with Gasteiger partial charge in [0.25, 0.3) is 0 Å². The molecule has 0 aliphatic heterocycles. The van der Waals surface area contributed by atoms with Crippen LogP contribution in [0.1, 0.15) is 26.0 Å². The minimum absolute atomic E-state index is 0.234. The zero-order valence-corrected chi connectivity index (χ0v) is 9.70. The van der Waals surface area contributed by atoms with Crippen LogP contribution in [-0.4, -0.2) is 22.7 Å². The average Bonchev–Trinajstić information content (AvgIpc) is 2.17. The van der Waals surface area contributed by atoms with Gasteiger partial charge in [0.1, 0.15) is 5.82 Å². The van der Waals surface area contributed by atoms with Gasteiger partial charge in [-0.2, -0.15) is 0 Å². The molecule has 0 radical (unpaired) electrons. The first-order chi connectivity index (χ1) is 7.09. The Hall–Kier alpha value is -1.09. The predicted molar refractivity (Wildman–Crippen MR) is 62.9 cm³/mol. The summed E-state index contributed by atoms with van der Waals surface area (Å²) < 4.78 is 0. The maximum Gasteiger partial charge on any atom is 0.126 e. The van der Waals surface area contributed by atoms with Gasteiger partial charge < -0.3 is 10.4 Å². The maximum absolute atomic E-state index is 9.60. The summed E-state index contributed by atoms with van der Waals surface area (Å²) in [6, 6.07) is 5.88. The second-order valence-corrected chi connectivity index (χ2v) is 4.19. The van der Waals surface area contributed by atoms with Crippen LogP contribution in [0, 0.1) is 12.8 Å². The van der Waals surface area contributed by atoms with Gasteiger partial charge >= 0.3 is 0 Å². The Morgan fingerprint density at radius 2 is 2.13 bits per heavy atom. The zero-order chi connectivity index (χ0) is 11.3. The lowest BCUT2D eigenvalue weighted by Crippen LogP contribution is -2.19. The van der Waals surface area contributed by atoms with Crippen molar-refractivity contribution in [1.82, 2.24) is 4.98 Å². The van der Waals surface area contributed by atoms with Crippen molar-refractivity contribution in [3.63, 3.8) is 0 Å². The van der Waals surface area contributed by atoms with Crippen molar-refractivity contribution in [2.45, 2.75) is 33.3 Å². The number of aromatic nitrogens is 1. The lowest BCUT2D eigenvalue weighted by Gasteiger charge is -2.14. The van der Waals surface area contributed by atoms with Gasteiger partial charge in [-0.25, -0.2) is 4.98 Å². The van der Waals surface area contributed by atoms with E-state index in [-0.39, 0.29) is 6.10 Å². The largest absolute Gasteiger partial charge is 0.393 e. The summed E-state index contributed by atoms with van der Waals surface area (Å²) in [5.41, 5.74) is 1.00. The topological polar surface area (TPSA) is 45.1 Å². The number of aliphatic hydroxyl groups is 1. The van der Waals surface area contributed by atoms with Gasteiger partial charge in [-0.05, 0) is 31.4 Å². The van der Waals surface area contributed by atoms with E-state index >= 15 is 0 Å². The summed E-state index contributed by atoms with van der Waals surface area (Å²) in [5, 5.41) is 12.8. The van der Waals surface area contributed by atoms with Crippen LogP contribution in [0.25, 0.3) is 0 Å². The molecule has 0 aliphatic rings. The number of aliphatic hydroxyl groups excluding tert-OH is 1. The van der Waals surface area contributed by atoms with E-state index < -0.39 is 0 Å². The normalized spacial score (nSPS) is 12.9. The van der Waals surface area contributed by atoms with Crippen molar-refractivity contribution >= 4 is 5.82 Å². The molecule has 3 nitrogen and oxygen atoms in total. The Kier molecular flexibility index (Phi) is 4.56. The molecule has 15 heavy (non-hydrogen) atoms. The molecule has 0 saturated carbocycles. The quantitative estimate of drug-likeness (QED) is 0.779. The number of anilines is 1. The minimum atomic E-state index is -0.234. The molecule has 0 aromatic carbocycles. The van der Waals surface area contributed by atoms with Crippen molar-refractivity contribution in [3.05, 3.63) is 23.9 Å². The number of nitrogens with one attached hydrogen (secondary N) is 1. The number of aryl methyl sites for hydroxylation is 1. The van der Waals surface area contributed by atoms with E-state index in [9.17, 15) is 5.11 Å². The van der Waals surface area contributed by atoms with Gasteiger partial charge in [0, 0.05) is 12.2 Å². The lowest BCUT2D eigenvalue weighted by molar-refractivity contribution is 0.120. The highest BCUT2D eigenvalue weighted by atomic mass is 16.3. The van der Waals surface area contributed by atoms with E-state index in [4.69, 9.17) is 0 Å². The Bertz CT molecular complexity index is 299. The summed E-state index contributed by atoms with van der Waals surface area (Å²) in [6.45, 7) is 6.77. The number of rotatable bonds is 5.